The van der Waals surface area contributed by atoms with Crippen LogP contribution in [-0.4, -0.2) is 19.8 Å². The average molecular weight is 401 g/mol. The van der Waals surface area contributed by atoms with Crippen molar-refractivity contribution >= 4 is 44.2 Å². The standard InChI is InChI=1S/C17H13BrN4OS/c1-9-3-6-14(10(2)7-9)24-17-15-19-16(23)12-5-4-11(18)8-13(12)22(15)21-20-17/h3-8,21H,1-2H3. The average Bonchev–Trinajstić information content (AvgIpc) is 2.93. The summed E-state index contributed by atoms with van der Waals surface area (Å²) in [5, 5.41) is 8.56. The molecule has 0 radical (unpaired) electrons. The minimum atomic E-state index is -0.249. The van der Waals surface area contributed by atoms with E-state index in [-0.39, 0.29) is 5.56 Å². The second-order valence-electron chi connectivity index (χ2n) is 5.63. The van der Waals surface area contributed by atoms with Gasteiger partial charge in [0.05, 0.1) is 10.9 Å². The molecule has 4 rings (SSSR count). The van der Waals surface area contributed by atoms with Gasteiger partial charge in [0.25, 0.3) is 5.56 Å². The quantitative estimate of drug-likeness (QED) is 0.549. The number of H-pyrrole nitrogens is 1. The van der Waals surface area contributed by atoms with Crippen LogP contribution in [0.15, 0.2) is 55.6 Å². The first-order valence-corrected chi connectivity index (χ1v) is 8.95. The number of aromatic nitrogens is 4. The van der Waals surface area contributed by atoms with Crippen LogP contribution in [0.4, 0.5) is 0 Å². The Hall–Kier alpha value is -2.12. The smallest absolute Gasteiger partial charge is 0.267 e. The second kappa shape index (κ2) is 5.75. The first-order valence-electron chi connectivity index (χ1n) is 7.34. The second-order valence-corrected chi connectivity index (χ2v) is 7.57. The molecule has 0 amide bonds. The zero-order valence-electron chi connectivity index (χ0n) is 13.0. The normalized spacial score (nSPS) is 11.5. The summed E-state index contributed by atoms with van der Waals surface area (Å²) in [5.74, 6) is 0. The van der Waals surface area contributed by atoms with E-state index in [0.29, 0.717) is 16.1 Å². The van der Waals surface area contributed by atoms with Crippen molar-refractivity contribution in [1.82, 2.24) is 19.8 Å². The van der Waals surface area contributed by atoms with E-state index < -0.39 is 0 Å². The molecule has 2 aromatic heterocycles. The zero-order chi connectivity index (χ0) is 16.8. The largest absolute Gasteiger partial charge is 0.281 e. The third-order valence-electron chi connectivity index (χ3n) is 3.83. The number of hydrogen-bond acceptors (Lipinski definition) is 4. The Morgan fingerprint density at radius 3 is 2.79 bits per heavy atom. The highest BCUT2D eigenvalue weighted by Crippen LogP contribution is 2.31. The van der Waals surface area contributed by atoms with Gasteiger partial charge in [0.1, 0.15) is 0 Å². The Bertz CT molecular complexity index is 1150. The van der Waals surface area contributed by atoms with Gasteiger partial charge in [-0.2, -0.15) is 4.98 Å². The van der Waals surface area contributed by atoms with E-state index in [2.05, 4.69) is 63.3 Å². The summed E-state index contributed by atoms with van der Waals surface area (Å²) in [4.78, 5) is 17.6. The van der Waals surface area contributed by atoms with Crippen molar-refractivity contribution in [3.8, 4) is 0 Å². The number of halogens is 1. The molecule has 0 bridgehead atoms. The molecule has 0 aliphatic carbocycles. The Kier molecular flexibility index (Phi) is 3.69. The third-order valence-corrected chi connectivity index (χ3v) is 5.47. The summed E-state index contributed by atoms with van der Waals surface area (Å²) in [5.41, 5.74) is 3.43. The van der Waals surface area contributed by atoms with Crippen molar-refractivity contribution in [2.24, 2.45) is 0 Å². The predicted octanol–water partition coefficient (Wildman–Crippen LogP) is 4.10. The highest BCUT2D eigenvalue weighted by atomic mass is 79.9. The molecule has 7 heteroatoms. The molecule has 0 saturated carbocycles. The van der Waals surface area contributed by atoms with Gasteiger partial charge in [-0.3, -0.25) is 4.79 Å². The highest BCUT2D eigenvalue weighted by molar-refractivity contribution is 9.10. The Balaban J connectivity index is 1.91. The number of hydrogen-bond donors (Lipinski definition) is 1. The van der Waals surface area contributed by atoms with E-state index in [4.69, 9.17) is 0 Å². The third kappa shape index (κ3) is 2.53. The molecule has 120 valence electrons. The van der Waals surface area contributed by atoms with Crippen LogP contribution < -0.4 is 5.56 Å². The molecule has 5 nitrogen and oxygen atoms in total. The van der Waals surface area contributed by atoms with Gasteiger partial charge in [0, 0.05) is 9.37 Å². The van der Waals surface area contributed by atoms with Gasteiger partial charge in [0.2, 0.25) is 0 Å². The Morgan fingerprint density at radius 1 is 1.17 bits per heavy atom. The predicted molar refractivity (Wildman–Crippen MR) is 98.9 cm³/mol. The first kappa shape index (κ1) is 15.4. The van der Waals surface area contributed by atoms with Crippen molar-refractivity contribution < 1.29 is 0 Å². The van der Waals surface area contributed by atoms with Crippen LogP contribution in [-0.2, 0) is 0 Å². The van der Waals surface area contributed by atoms with E-state index in [0.717, 1.165) is 14.9 Å². The van der Waals surface area contributed by atoms with Crippen LogP contribution in [0, 0.1) is 13.8 Å². The fraction of sp³-hybridized carbons (Fsp3) is 0.118. The fourth-order valence-electron chi connectivity index (χ4n) is 2.67. The maximum Gasteiger partial charge on any atom is 0.281 e. The number of nitrogens with zero attached hydrogens (tertiary/aromatic N) is 3. The molecule has 24 heavy (non-hydrogen) atoms. The molecule has 4 aromatic rings. The van der Waals surface area contributed by atoms with Crippen molar-refractivity contribution in [2.75, 3.05) is 0 Å². The van der Waals surface area contributed by atoms with E-state index in [9.17, 15) is 4.79 Å². The summed E-state index contributed by atoms with van der Waals surface area (Å²) in [7, 11) is 0. The lowest BCUT2D eigenvalue weighted by atomic mass is 10.2. The minimum Gasteiger partial charge on any atom is -0.267 e. The maximum atomic E-state index is 12.3. The summed E-state index contributed by atoms with van der Waals surface area (Å²) < 4.78 is 2.64. The number of fused-ring (bicyclic) bond motifs is 3. The van der Waals surface area contributed by atoms with Gasteiger partial charge in [-0.25, -0.2) is 9.73 Å². The number of rotatable bonds is 2. The van der Waals surface area contributed by atoms with Gasteiger partial charge in [-0.05, 0) is 43.7 Å². The molecule has 1 N–H and O–H groups in total. The molecule has 0 saturated heterocycles. The lowest BCUT2D eigenvalue weighted by molar-refractivity contribution is 0.856. The molecular formula is C17H13BrN4OS. The summed E-state index contributed by atoms with van der Waals surface area (Å²) in [6, 6.07) is 11.7. The lowest BCUT2D eigenvalue weighted by Crippen LogP contribution is -2.10. The van der Waals surface area contributed by atoms with Crippen molar-refractivity contribution in [2.45, 2.75) is 23.8 Å². The van der Waals surface area contributed by atoms with Crippen LogP contribution in [0.3, 0.4) is 0 Å². The monoisotopic (exact) mass is 400 g/mol. The van der Waals surface area contributed by atoms with Gasteiger partial charge in [0.15, 0.2) is 10.7 Å². The van der Waals surface area contributed by atoms with Crippen LogP contribution in [0.2, 0.25) is 0 Å². The van der Waals surface area contributed by atoms with Gasteiger partial charge >= 0.3 is 0 Å². The maximum absolute atomic E-state index is 12.3. The molecule has 0 aliphatic rings. The number of nitrogens with one attached hydrogen (secondary N) is 1. The van der Waals surface area contributed by atoms with Crippen LogP contribution in [0.1, 0.15) is 11.1 Å². The molecule has 2 heterocycles. The summed E-state index contributed by atoms with van der Waals surface area (Å²) >= 11 is 4.95. The van der Waals surface area contributed by atoms with Gasteiger partial charge < -0.3 is 0 Å². The van der Waals surface area contributed by atoms with Crippen LogP contribution in [0.5, 0.6) is 0 Å². The topological polar surface area (TPSA) is 63.1 Å². The van der Waals surface area contributed by atoms with E-state index in [1.54, 1.807) is 10.6 Å². The van der Waals surface area contributed by atoms with E-state index in [1.165, 1.54) is 22.9 Å². The minimum absolute atomic E-state index is 0.249. The van der Waals surface area contributed by atoms with Crippen molar-refractivity contribution in [3.63, 3.8) is 0 Å². The van der Waals surface area contributed by atoms with Crippen LogP contribution >= 0.6 is 27.7 Å². The molecule has 2 aromatic carbocycles. The molecule has 0 atom stereocenters. The molecule has 0 spiro atoms. The summed E-state index contributed by atoms with van der Waals surface area (Å²) in [6.07, 6.45) is 0. The number of aryl methyl sites for hydroxylation is 2. The lowest BCUT2D eigenvalue weighted by Gasteiger charge is -2.04. The van der Waals surface area contributed by atoms with E-state index >= 15 is 0 Å². The highest BCUT2D eigenvalue weighted by Gasteiger charge is 2.14. The van der Waals surface area contributed by atoms with Gasteiger partial charge in [-0.15, -0.1) is 5.10 Å². The Morgan fingerprint density at radius 2 is 2.00 bits per heavy atom. The number of aromatic amines is 1. The molecule has 0 fully saturated rings. The van der Waals surface area contributed by atoms with Crippen molar-refractivity contribution in [1.29, 1.82) is 0 Å². The molecular weight excluding hydrogens is 388 g/mol. The van der Waals surface area contributed by atoms with Crippen molar-refractivity contribution in [3.05, 3.63) is 62.4 Å². The number of benzene rings is 2. The van der Waals surface area contributed by atoms with Crippen LogP contribution in [0.25, 0.3) is 16.6 Å². The first-order chi connectivity index (χ1) is 11.5. The van der Waals surface area contributed by atoms with E-state index in [1.807, 2.05) is 12.1 Å². The SMILES string of the molecule is Cc1ccc(Sc2n[nH]n3c2nc(=O)c2ccc(Br)cc23)c(C)c1. The molecule has 0 unspecified atom stereocenters. The zero-order valence-corrected chi connectivity index (χ0v) is 15.4. The van der Waals surface area contributed by atoms with Gasteiger partial charge in [-0.1, -0.05) is 45.4 Å². The Labute approximate surface area is 150 Å². The molecule has 0 aliphatic heterocycles. The fourth-order valence-corrected chi connectivity index (χ4v) is 3.90. The summed E-state index contributed by atoms with van der Waals surface area (Å²) in [6.45, 7) is 4.13.